The van der Waals surface area contributed by atoms with Gasteiger partial charge in [-0.15, -0.1) is 0 Å². The van der Waals surface area contributed by atoms with Gasteiger partial charge in [-0.05, 0) is 61.0 Å². The molecule has 1 amide bonds. The molecule has 0 saturated heterocycles. The summed E-state index contributed by atoms with van der Waals surface area (Å²) in [6.45, 7) is 1.65. The van der Waals surface area contributed by atoms with E-state index < -0.39 is 28.4 Å². The molecule has 3 rings (SSSR count). The maximum atomic E-state index is 12.4. The number of nitrogens with one attached hydrogen (secondary N) is 1. The summed E-state index contributed by atoms with van der Waals surface area (Å²) in [6, 6.07) is 21.7. The number of ether oxygens (including phenoxy) is 2. The molecule has 0 fully saturated rings. The van der Waals surface area contributed by atoms with Crippen LogP contribution in [0, 0.1) is 0 Å². The lowest BCUT2D eigenvalue weighted by Crippen LogP contribution is -2.39. The number of esters is 1. The van der Waals surface area contributed by atoms with E-state index in [1.54, 1.807) is 79.7 Å². The minimum absolute atomic E-state index is 0.261. The first-order valence-corrected chi connectivity index (χ1v) is 12.5. The molecule has 0 aromatic heterocycles. The van der Waals surface area contributed by atoms with Crippen molar-refractivity contribution in [2.75, 3.05) is 23.7 Å². The average Bonchev–Trinajstić information content (AvgIpc) is 2.84. The van der Waals surface area contributed by atoms with Crippen LogP contribution in [0.25, 0.3) is 0 Å². The second kappa shape index (κ2) is 11.8. The molecular weight excluding hydrogens is 470 g/mol. The molecule has 0 saturated carbocycles. The zero-order chi connectivity index (χ0) is 25.3. The summed E-state index contributed by atoms with van der Waals surface area (Å²) in [7, 11) is -3.77. The molecule has 3 aromatic rings. The molecule has 0 radical (unpaired) electrons. The van der Waals surface area contributed by atoms with Gasteiger partial charge in [0.1, 0.15) is 18.0 Å². The Kier molecular flexibility index (Phi) is 8.58. The molecule has 0 atom stereocenters. The van der Waals surface area contributed by atoms with E-state index in [0.29, 0.717) is 29.2 Å². The molecule has 0 aliphatic rings. The van der Waals surface area contributed by atoms with Crippen molar-refractivity contribution in [3.05, 3.63) is 90.0 Å². The van der Waals surface area contributed by atoms with Crippen molar-refractivity contribution in [2.24, 2.45) is 5.10 Å². The van der Waals surface area contributed by atoms with Gasteiger partial charge in [0.15, 0.2) is 0 Å². The number of carbonyl (C=O) groups is 2. The molecule has 0 spiro atoms. The van der Waals surface area contributed by atoms with Crippen LogP contribution < -0.4 is 19.2 Å². The smallest absolute Gasteiger partial charge is 0.343 e. The zero-order valence-electron chi connectivity index (χ0n) is 19.2. The van der Waals surface area contributed by atoms with Crippen molar-refractivity contribution in [3.8, 4) is 11.5 Å². The number of carbonyl (C=O) groups excluding carboxylic acids is 2. The van der Waals surface area contributed by atoms with Gasteiger partial charge in [0.25, 0.3) is 5.91 Å². The molecule has 0 unspecified atom stereocenters. The fraction of sp³-hybridized carbons (Fsp3) is 0.160. The van der Waals surface area contributed by atoms with Crippen LogP contribution >= 0.6 is 0 Å². The normalized spacial score (nSPS) is 11.1. The first-order valence-electron chi connectivity index (χ1n) is 10.7. The van der Waals surface area contributed by atoms with Gasteiger partial charge >= 0.3 is 5.97 Å². The Morgan fingerprint density at radius 3 is 2.29 bits per heavy atom. The molecule has 0 heterocycles. The van der Waals surface area contributed by atoms with Crippen molar-refractivity contribution >= 4 is 33.8 Å². The highest BCUT2D eigenvalue weighted by Gasteiger charge is 2.23. The summed E-state index contributed by atoms with van der Waals surface area (Å²) in [5.41, 5.74) is 3.65. The molecule has 10 heteroatoms. The minimum Gasteiger partial charge on any atom is -0.492 e. The number of para-hydroxylation sites is 2. The highest BCUT2D eigenvalue weighted by molar-refractivity contribution is 7.92. The van der Waals surface area contributed by atoms with Gasteiger partial charge in [-0.2, -0.15) is 5.10 Å². The predicted octanol–water partition coefficient (Wildman–Crippen LogP) is 3.22. The molecule has 0 bridgehead atoms. The fourth-order valence-corrected chi connectivity index (χ4v) is 3.89. The van der Waals surface area contributed by atoms with Gasteiger partial charge in [-0.25, -0.2) is 18.6 Å². The van der Waals surface area contributed by atoms with E-state index in [2.05, 4.69) is 10.5 Å². The van der Waals surface area contributed by atoms with Gasteiger partial charge in [-0.3, -0.25) is 9.10 Å². The van der Waals surface area contributed by atoms with Crippen LogP contribution in [0.3, 0.4) is 0 Å². The molecule has 3 aromatic carbocycles. The van der Waals surface area contributed by atoms with Crippen LogP contribution in [0.1, 0.15) is 22.8 Å². The van der Waals surface area contributed by atoms with E-state index in [0.717, 1.165) is 10.6 Å². The second-order valence-electron chi connectivity index (χ2n) is 7.29. The Morgan fingerprint density at radius 1 is 0.971 bits per heavy atom. The molecule has 1 N–H and O–H groups in total. The van der Waals surface area contributed by atoms with Gasteiger partial charge in [0, 0.05) is 0 Å². The number of anilines is 1. The molecule has 35 heavy (non-hydrogen) atoms. The first-order chi connectivity index (χ1) is 16.8. The van der Waals surface area contributed by atoms with Crippen molar-refractivity contribution in [1.82, 2.24) is 5.43 Å². The summed E-state index contributed by atoms with van der Waals surface area (Å²) >= 11 is 0. The minimum atomic E-state index is -3.77. The highest BCUT2D eigenvalue weighted by atomic mass is 32.2. The maximum absolute atomic E-state index is 12.4. The van der Waals surface area contributed by atoms with Crippen molar-refractivity contribution in [1.29, 1.82) is 0 Å². The number of sulfonamides is 1. The average molecular weight is 496 g/mol. The van der Waals surface area contributed by atoms with Crippen LogP contribution in [0.5, 0.6) is 11.5 Å². The van der Waals surface area contributed by atoms with Gasteiger partial charge < -0.3 is 9.47 Å². The summed E-state index contributed by atoms with van der Waals surface area (Å²) in [5, 5.41) is 3.88. The zero-order valence-corrected chi connectivity index (χ0v) is 20.1. The predicted molar refractivity (Wildman–Crippen MR) is 133 cm³/mol. The highest BCUT2D eigenvalue weighted by Crippen LogP contribution is 2.29. The number of hydrogen-bond donors (Lipinski definition) is 1. The van der Waals surface area contributed by atoms with Crippen LogP contribution in [-0.4, -0.2) is 45.9 Å². The molecule has 0 aliphatic carbocycles. The molecule has 9 nitrogen and oxygen atoms in total. The Balaban J connectivity index is 1.60. The van der Waals surface area contributed by atoms with E-state index in [1.807, 2.05) is 6.07 Å². The maximum Gasteiger partial charge on any atom is 0.343 e. The summed E-state index contributed by atoms with van der Waals surface area (Å²) in [4.78, 5) is 24.5. The lowest BCUT2D eigenvalue weighted by atomic mass is 10.2. The number of hydrogen-bond acceptors (Lipinski definition) is 7. The number of nitrogens with zero attached hydrogens (tertiary/aromatic N) is 2. The first kappa shape index (κ1) is 25.4. The molecule has 0 aliphatic heterocycles. The summed E-state index contributed by atoms with van der Waals surface area (Å²) in [5.74, 6) is -0.395. The monoisotopic (exact) mass is 495 g/mol. The lowest BCUT2D eigenvalue weighted by molar-refractivity contribution is -0.119. The SMILES string of the molecule is CCOc1ccccc1N(CC(=O)N/N=C\c1ccc(OC(=O)c2ccccc2)cc1)S(C)(=O)=O. The van der Waals surface area contributed by atoms with E-state index in [9.17, 15) is 18.0 Å². The van der Waals surface area contributed by atoms with Crippen LogP contribution in [0.15, 0.2) is 84.0 Å². The van der Waals surface area contributed by atoms with E-state index >= 15 is 0 Å². The number of hydrazone groups is 1. The number of benzene rings is 3. The van der Waals surface area contributed by atoms with Gasteiger partial charge in [0.2, 0.25) is 10.0 Å². The number of rotatable bonds is 10. The van der Waals surface area contributed by atoms with E-state index in [1.165, 1.54) is 6.21 Å². The van der Waals surface area contributed by atoms with Crippen LogP contribution in [0.2, 0.25) is 0 Å². The third-order valence-corrected chi connectivity index (χ3v) is 5.75. The third kappa shape index (κ3) is 7.41. The molecule has 182 valence electrons. The molecular formula is C25H25N3O6S. The standard InChI is InChI=1S/C25H25N3O6S/c1-3-33-23-12-8-7-11-22(23)28(35(2,31)32)18-24(29)27-26-17-19-13-15-21(16-14-19)34-25(30)20-9-5-4-6-10-20/h4-17H,3,18H2,1-2H3,(H,27,29)/b26-17-. The fourth-order valence-electron chi connectivity index (χ4n) is 3.03. The Labute approximate surface area is 204 Å². The van der Waals surface area contributed by atoms with Gasteiger partial charge in [-0.1, -0.05) is 30.3 Å². The Morgan fingerprint density at radius 2 is 1.63 bits per heavy atom. The van der Waals surface area contributed by atoms with Gasteiger partial charge in [0.05, 0.1) is 30.3 Å². The summed E-state index contributed by atoms with van der Waals surface area (Å²) < 4.78 is 36.4. The van der Waals surface area contributed by atoms with Crippen molar-refractivity contribution < 1.29 is 27.5 Å². The summed E-state index contributed by atoms with van der Waals surface area (Å²) in [6.07, 6.45) is 2.40. The Bertz CT molecular complexity index is 1290. The lowest BCUT2D eigenvalue weighted by Gasteiger charge is -2.23. The van der Waals surface area contributed by atoms with Crippen LogP contribution in [0.4, 0.5) is 5.69 Å². The van der Waals surface area contributed by atoms with E-state index in [4.69, 9.17) is 9.47 Å². The third-order valence-electron chi connectivity index (χ3n) is 4.62. The van der Waals surface area contributed by atoms with Crippen molar-refractivity contribution in [2.45, 2.75) is 6.92 Å². The van der Waals surface area contributed by atoms with Crippen molar-refractivity contribution in [3.63, 3.8) is 0 Å². The Hall–Kier alpha value is -4.18. The quantitative estimate of drug-likeness (QED) is 0.200. The topological polar surface area (TPSA) is 114 Å². The van der Waals surface area contributed by atoms with Crippen LogP contribution in [-0.2, 0) is 14.8 Å². The second-order valence-corrected chi connectivity index (χ2v) is 9.19. The largest absolute Gasteiger partial charge is 0.492 e. The van der Waals surface area contributed by atoms with E-state index in [-0.39, 0.29) is 5.69 Å². The number of amides is 1.